The lowest BCUT2D eigenvalue weighted by Crippen LogP contribution is -2.37. The molecule has 2 aromatic rings. The third-order valence-corrected chi connectivity index (χ3v) is 7.57. The molecule has 1 amide bonds. The summed E-state index contributed by atoms with van der Waals surface area (Å²) >= 11 is 0. The molecule has 0 unspecified atom stereocenters. The Morgan fingerprint density at radius 3 is 2.34 bits per heavy atom. The van der Waals surface area contributed by atoms with E-state index in [0.29, 0.717) is 23.8 Å². The van der Waals surface area contributed by atoms with Gasteiger partial charge in [-0.2, -0.15) is 0 Å². The largest absolute Gasteiger partial charge is 0.376 e. The van der Waals surface area contributed by atoms with E-state index in [1.807, 2.05) is 87.6 Å². The van der Waals surface area contributed by atoms with Crippen molar-refractivity contribution in [1.82, 2.24) is 15.6 Å². The van der Waals surface area contributed by atoms with Crippen molar-refractivity contribution in [3.63, 3.8) is 0 Å². The highest BCUT2D eigenvalue weighted by atomic mass is 16.1. The van der Waals surface area contributed by atoms with Crippen LogP contribution in [0.3, 0.4) is 0 Å². The van der Waals surface area contributed by atoms with Crippen LogP contribution in [-0.2, 0) is 5.41 Å². The van der Waals surface area contributed by atoms with E-state index < -0.39 is 5.54 Å². The quantitative estimate of drug-likeness (QED) is 0.369. The zero-order valence-electron chi connectivity index (χ0n) is 25.4. The second-order valence-electron chi connectivity index (χ2n) is 11.9. The number of aliphatic imine (C=N–C) groups is 2. The topological polar surface area (TPSA) is 82.0 Å². The van der Waals surface area contributed by atoms with Gasteiger partial charge in [-0.15, -0.1) is 0 Å². The second kappa shape index (κ2) is 11.7. The summed E-state index contributed by atoms with van der Waals surface area (Å²) in [5, 5.41) is 6.62. The molecule has 1 aliphatic heterocycles. The molecule has 0 saturated heterocycles. The minimum atomic E-state index is -0.418. The number of carbonyl (C=O) groups is 1. The van der Waals surface area contributed by atoms with Crippen LogP contribution in [0, 0.1) is 0 Å². The lowest BCUT2D eigenvalue weighted by molar-refractivity contribution is 0.0939. The van der Waals surface area contributed by atoms with Crippen molar-refractivity contribution < 1.29 is 4.79 Å². The molecule has 1 aromatic carbocycles. The second-order valence-corrected chi connectivity index (χ2v) is 11.9. The number of hydrogen-bond acceptors (Lipinski definition) is 5. The average Bonchev–Trinajstić information content (AvgIpc) is 3.61. The van der Waals surface area contributed by atoms with Gasteiger partial charge in [0.2, 0.25) is 0 Å². The number of aromatic nitrogens is 1. The van der Waals surface area contributed by atoms with E-state index in [9.17, 15) is 4.79 Å². The molecular weight excluding hydrogens is 508 g/mol. The maximum Gasteiger partial charge on any atom is 0.251 e. The number of nitrogens with zero attached hydrogens (tertiary/aromatic N) is 4. The van der Waals surface area contributed by atoms with Gasteiger partial charge in [-0.25, -0.2) is 4.99 Å². The van der Waals surface area contributed by atoms with Crippen LogP contribution in [0.4, 0.5) is 5.69 Å². The minimum absolute atomic E-state index is 0.0426. The first kappa shape index (κ1) is 29.7. The molecule has 1 fully saturated rings. The minimum Gasteiger partial charge on any atom is -0.376 e. The van der Waals surface area contributed by atoms with Crippen molar-refractivity contribution >= 4 is 23.3 Å². The molecule has 1 aromatic heterocycles. The molecule has 4 rings (SSSR count). The van der Waals surface area contributed by atoms with E-state index in [-0.39, 0.29) is 11.3 Å². The predicted octanol–water partition coefficient (Wildman–Crippen LogP) is 6.12. The number of anilines is 1. The summed E-state index contributed by atoms with van der Waals surface area (Å²) in [7, 11) is 3.97. The van der Waals surface area contributed by atoms with Crippen LogP contribution in [0.25, 0.3) is 0 Å². The van der Waals surface area contributed by atoms with Gasteiger partial charge in [0.15, 0.2) is 11.7 Å². The summed E-state index contributed by atoms with van der Waals surface area (Å²) in [5.74, 6) is 1.21. The summed E-state index contributed by atoms with van der Waals surface area (Å²) < 4.78 is 0. The highest BCUT2D eigenvalue weighted by Gasteiger charge is 2.45. The van der Waals surface area contributed by atoms with Crippen LogP contribution >= 0.6 is 0 Å². The third-order valence-electron chi connectivity index (χ3n) is 7.57. The molecule has 214 valence electrons. The van der Waals surface area contributed by atoms with Crippen molar-refractivity contribution in [3.8, 4) is 0 Å². The molecular formula is C34H42N6O. The SMILES string of the molecule is C=C(/C=C\C(=C)C1(NC(=O)c2ccc(C(C)(C)C)cc2)CC1)/C(C)=C1\NC(c2ccc(N(C)C)cn2)=NC1=NCC. The molecule has 0 bridgehead atoms. The van der Waals surface area contributed by atoms with Gasteiger partial charge in [-0.1, -0.05) is 58.2 Å². The van der Waals surface area contributed by atoms with E-state index in [4.69, 9.17) is 4.99 Å². The Kier molecular flexibility index (Phi) is 8.47. The molecule has 7 heteroatoms. The molecule has 0 atom stereocenters. The number of pyridine rings is 1. The van der Waals surface area contributed by atoms with Crippen molar-refractivity contribution in [2.45, 2.75) is 58.4 Å². The van der Waals surface area contributed by atoms with E-state index in [1.165, 1.54) is 5.56 Å². The highest BCUT2D eigenvalue weighted by Crippen LogP contribution is 2.42. The van der Waals surface area contributed by atoms with Crippen LogP contribution in [0.2, 0.25) is 0 Å². The fourth-order valence-electron chi connectivity index (χ4n) is 4.51. The number of rotatable bonds is 9. The number of amides is 1. The van der Waals surface area contributed by atoms with E-state index in [2.05, 4.69) is 54.5 Å². The number of carbonyl (C=O) groups excluding carboxylic acids is 1. The molecule has 2 N–H and O–H groups in total. The monoisotopic (exact) mass is 550 g/mol. The van der Waals surface area contributed by atoms with Gasteiger partial charge in [-0.3, -0.25) is 14.8 Å². The Balaban J connectivity index is 1.45. The molecule has 41 heavy (non-hydrogen) atoms. The maximum absolute atomic E-state index is 13.0. The zero-order chi connectivity index (χ0) is 29.9. The number of benzene rings is 1. The summed E-state index contributed by atoms with van der Waals surface area (Å²) in [4.78, 5) is 28.9. The first-order chi connectivity index (χ1) is 19.3. The van der Waals surface area contributed by atoms with Gasteiger partial charge < -0.3 is 15.5 Å². The molecule has 7 nitrogen and oxygen atoms in total. The molecule has 2 heterocycles. The normalized spacial score (nSPS) is 18.1. The average molecular weight is 551 g/mol. The fraction of sp³-hybridized carbons (Fsp3) is 0.353. The van der Waals surface area contributed by atoms with E-state index in [1.54, 1.807) is 0 Å². The fourth-order valence-corrected chi connectivity index (χ4v) is 4.51. The number of nitrogens with one attached hydrogen (secondary N) is 2. The van der Waals surface area contributed by atoms with E-state index in [0.717, 1.165) is 46.6 Å². The number of amidine groups is 2. The van der Waals surface area contributed by atoms with E-state index >= 15 is 0 Å². The highest BCUT2D eigenvalue weighted by molar-refractivity contribution is 6.19. The number of hydrogen-bond donors (Lipinski definition) is 2. The van der Waals surface area contributed by atoms with Gasteiger partial charge in [0.1, 0.15) is 5.69 Å². The van der Waals surface area contributed by atoms with Gasteiger partial charge >= 0.3 is 0 Å². The van der Waals surface area contributed by atoms with Crippen LogP contribution in [0.5, 0.6) is 0 Å². The lowest BCUT2D eigenvalue weighted by Gasteiger charge is -2.20. The van der Waals surface area contributed by atoms with Crippen LogP contribution in [0.15, 0.2) is 100 Å². The zero-order valence-corrected chi connectivity index (χ0v) is 25.4. The Hall–Kier alpha value is -4.26. The first-order valence-corrected chi connectivity index (χ1v) is 14.1. The van der Waals surface area contributed by atoms with Crippen molar-refractivity contribution in [1.29, 1.82) is 0 Å². The summed E-state index contributed by atoms with van der Waals surface area (Å²) in [6.45, 7) is 19.7. The van der Waals surface area contributed by atoms with Crippen LogP contribution < -0.4 is 15.5 Å². The van der Waals surface area contributed by atoms with Crippen molar-refractivity contribution in [3.05, 3.63) is 107 Å². The van der Waals surface area contributed by atoms with Gasteiger partial charge in [0.25, 0.3) is 5.91 Å². The van der Waals surface area contributed by atoms with Gasteiger partial charge in [0, 0.05) is 26.2 Å². The smallest absolute Gasteiger partial charge is 0.251 e. The summed E-state index contributed by atoms with van der Waals surface area (Å²) in [6, 6.07) is 11.8. The number of allylic oxidation sites excluding steroid dienone is 3. The standard InChI is InChI=1S/C34H42N6O/c1-10-35-31-29(37-30(38-31)28-18-17-27(21-36-28)40(8)9)24(4)22(2)11-12-23(3)34(19-20-34)39-32(41)25-13-15-26(16-14-25)33(5,6)7/h11-18,21H,2-3,10,19-20H2,1,4-9H3,(H,39,41)(H,35,37,38)/b12-11-,29-24-. The van der Waals surface area contributed by atoms with Crippen LogP contribution in [0.1, 0.15) is 69.1 Å². The Morgan fingerprint density at radius 2 is 1.80 bits per heavy atom. The summed E-state index contributed by atoms with van der Waals surface area (Å²) in [5.41, 5.74) is 6.66. The predicted molar refractivity (Wildman–Crippen MR) is 171 cm³/mol. The lowest BCUT2D eigenvalue weighted by atomic mass is 9.86. The molecule has 0 spiro atoms. The molecule has 2 aliphatic rings. The molecule has 1 aliphatic carbocycles. The summed E-state index contributed by atoms with van der Waals surface area (Å²) in [6.07, 6.45) is 7.45. The van der Waals surface area contributed by atoms with Crippen molar-refractivity contribution in [2.75, 3.05) is 25.5 Å². The Labute approximate surface area is 244 Å². The third kappa shape index (κ3) is 6.73. The van der Waals surface area contributed by atoms with Crippen molar-refractivity contribution in [2.24, 2.45) is 9.98 Å². The van der Waals surface area contributed by atoms with Gasteiger partial charge in [-0.05, 0) is 78.7 Å². The van der Waals surface area contributed by atoms with Crippen LogP contribution in [-0.4, -0.2) is 48.7 Å². The Bertz CT molecular complexity index is 1460. The molecule has 1 saturated carbocycles. The maximum atomic E-state index is 13.0. The first-order valence-electron chi connectivity index (χ1n) is 14.1. The molecule has 0 radical (unpaired) electrons. The van der Waals surface area contributed by atoms with Gasteiger partial charge in [0.05, 0.1) is 23.1 Å². The Morgan fingerprint density at radius 1 is 1.12 bits per heavy atom.